The summed E-state index contributed by atoms with van der Waals surface area (Å²) in [6.07, 6.45) is 42.7. The summed E-state index contributed by atoms with van der Waals surface area (Å²) in [5.41, 5.74) is 0. The molecule has 1 atom stereocenters. The van der Waals surface area contributed by atoms with E-state index in [0.717, 1.165) is 89.9 Å². The van der Waals surface area contributed by atoms with Gasteiger partial charge in [0.15, 0.2) is 0 Å². The highest BCUT2D eigenvalue weighted by Crippen LogP contribution is 2.18. The lowest BCUT2D eigenvalue weighted by atomic mass is 10.0. The number of ether oxygens (including phenoxy) is 1. The average molecular weight is 573 g/mol. The molecule has 0 aromatic carbocycles. The zero-order chi connectivity index (χ0) is 30.1. The second-order valence-electron chi connectivity index (χ2n) is 11.3. The largest absolute Gasteiger partial charge is 0.481 e. The molecule has 4 nitrogen and oxygen atoms in total. The van der Waals surface area contributed by atoms with Crippen molar-refractivity contribution in [2.45, 2.75) is 174 Å². The van der Waals surface area contributed by atoms with Crippen molar-refractivity contribution >= 4 is 11.9 Å². The summed E-state index contributed by atoms with van der Waals surface area (Å²) in [4.78, 5) is 23.1. The molecule has 1 unspecified atom stereocenters. The van der Waals surface area contributed by atoms with Gasteiger partial charge in [-0.2, -0.15) is 0 Å². The summed E-state index contributed by atoms with van der Waals surface area (Å²) in [6.45, 7) is 4.46. The van der Waals surface area contributed by atoms with Gasteiger partial charge in [0, 0.05) is 12.8 Å². The number of hydrogen-bond donors (Lipinski definition) is 1. The van der Waals surface area contributed by atoms with Crippen LogP contribution in [0.25, 0.3) is 0 Å². The predicted octanol–water partition coefficient (Wildman–Crippen LogP) is 11.6. The van der Waals surface area contributed by atoms with Crippen molar-refractivity contribution in [3.05, 3.63) is 48.6 Å². The van der Waals surface area contributed by atoms with Gasteiger partial charge < -0.3 is 9.84 Å². The van der Waals surface area contributed by atoms with Crippen LogP contribution in [0, 0.1) is 0 Å². The standard InChI is InChI=1S/C37H64O4/c1-3-5-7-9-10-11-12-13-14-15-16-17-18-19-20-21-22-24-30-34-37(40)41-35(31-27-23-8-6-4-2)32-28-25-26-29-33-36(38)39/h10-11,13-14,16-17,19-20,35H,3-9,12,15,18,21-34H2,1-2H3,(H,38,39)/b11-10-,14-13-,17-16-,20-19-. The molecule has 0 aliphatic rings. The minimum absolute atomic E-state index is 0.0206. The van der Waals surface area contributed by atoms with E-state index >= 15 is 0 Å². The van der Waals surface area contributed by atoms with Crippen LogP contribution in [-0.2, 0) is 14.3 Å². The number of rotatable bonds is 30. The van der Waals surface area contributed by atoms with Crippen molar-refractivity contribution in [1.29, 1.82) is 0 Å². The van der Waals surface area contributed by atoms with Crippen LogP contribution in [0.3, 0.4) is 0 Å². The normalized spacial score (nSPS) is 12.8. The van der Waals surface area contributed by atoms with Gasteiger partial charge in [0.2, 0.25) is 0 Å². The van der Waals surface area contributed by atoms with Gasteiger partial charge >= 0.3 is 11.9 Å². The average Bonchev–Trinajstić information content (AvgIpc) is 2.95. The predicted molar refractivity (Wildman–Crippen MR) is 176 cm³/mol. The molecule has 41 heavy (non-hydrogen) atoms. The second kappa shape index (κ2) is 32.4. The highest BCUT2D eigenvalue weighted by molar-refractivity contribution is 5.69. The minimum atomic E-state index is -0.719. The molecule has 1 N–H and O–H groups in total. The zero-order valence-corrected chi connectivity index (χ0v) is 26.8. The quantitative estimate of drug-likeness (QED) is 0.0528. The Kier molecular flexibility index (Phi) is 30.8. The van der Waals surface area contributed by atoms with E-state index in [4.69, 9.17) is 9.84 Å². The highest BCUT2D eigenvalue weighted by atomic mass is 16.5. The van der Waals surface area contributed by atoms with Crippen LogP contribution in [0.2, 0.25) is 0 Å². The molecule has 0 amide bonds. The number of carbonyl (C=O) groups excluding carboxylic acids is 1. The molecule has 0 spiro atoms. The number of hydrogen-bond acceptors (Lipinski definition) is 3. The highest BCUT2D eigenvalue weighted by Gasteiger charge is 2.14. The maximum atomic E-state index is 12.5. The Bertz CT molecular complexity index is 704. The lowest BCUT2D eigenvalue weighted by Gasteiger charge is -2.18. The van der Waals surface area contributed by atoms with E-state index in [9.17, 15) is 9.59 Å². The number of aliphatic carboxylic acids is 1. The number of carboxylic acid groups (broad SMARTS) is 1. The molecule has 0 radical (unpaired) electrons. The topological polar surface area (TPSA) is 63.6 Å². The van der Waals surface area contributed by atoms with Crippen molar-refractivity contribution < 1.29 is 19.4 Å². The summed E-state index contributed by atoms with van der Waals surface area (Å²) in [5, 5.41) is 8.77. The summed E-state index contributed by atoms with van der Waals surface area (Å²) < 4.78 is 5.88. The van der Waals surface area contributed by atoms with Gasteiger partial charge in [-0.1, -0.05) is 120 Å². The summed E-state index contributed by atoms with van der Waals surface area (Å²) in [5.74, 6) is -0.768. The molecule has 4 heteroatoms. The van der Waals surface area contributed by atoms with Gasteiger partial charge in [-0.05, 0) is 83.5 Å². The SMILES string of the molecule is CCCCC/C=C\C/C=C\C/C=C\C/C=C\CCCCCC(=O)OC(CCCCCCC)CCCCCCC(=O)O. The first-order chi connectivity index (χ1) is 20.1. The smallest absolute Gasteiger partial charge is 0.306 e. The maximum absolute atomic E-state index is 12.5. The molecule has 0 aliphatic heterocycles. The molecule has 0 saturated heterocycles. The van der Waals surface area contributed by atoms with E-state index in [1.54, 1.807) is 0 Å². The molecule has 0 rings (SSSR count). The van der Waals surface area contributed by atoms with E-state index < -0.39 is 5.97 Å². The molecule has 0 bridgehead atoms. The van der Waals surface area contributed by atoms with E-state index in [2.05, 4.69) is 62.5 Å². The molecule has 0 heterocycles. The molecular formula is C37H64O4. The number of carboxylic acids is 1. The first kappa shape index (κ1) is 38.9. The second-order valence-corrected chi connectivity index (χ2v) is 11.3. The molecular weight excluding hydrogens is 508 g/mol. The molecule has 0 aliphatic carbocycles. The van der Waals surface area contributed by atoms with Crippen molar-refractivity contribution in [2.75, 3.05) is 0 Å². The van der Waals surface area contributed by atoms with Crippen molar-refractivity contribution in [3.63, 3.8) is 0 Å². The first-order valence-corrected chi connectivity index (χ1v) is 17.1. The van der Waals surface area contributed by atoms with Crippen molar-refractivity contribution in [1.82, 2.24) is 0 Å². The van der Waals surface area contributed by atoms with Crippen LogP contribution in [0.5, 0.6) is 0 Å². The minimum Gasteiger partial charge on any atom is -0.481 e. The number of allylic oxidation sites excluding steroid dienone is 8. The summed E-state index contributed by atoms with van der Waals surface area (Å²) in [6, 6.07) is 0. The number of esters is 1. The van der Waals surface area contributed by atoms with Gasteiger partial charge in [0.1, 0.15) is 6.10 Å². The Labute approximate surface area is 253 Å². The van der Waals surface area contributed by atoms with E-state index in [1.807, 2.05) is 0 Å². The number of carbonyl (C=O) groups is 2. The Hall–Kier alpha value is -2.10. The monoisotopic (exact) mass is 572 g/mol. The Morgan fingerprint density at radius 1 is 0.537 bits per heavy atom. The lowest BCUT2D eigenvalue weighted by Crippen LogP contribution is -2.18. The van der Waals surface area contributed by atoms with Crippen LogP contribution in [-0.4, -0.2) is 23.1 Å². The van der Waals surface area contributed by atoms with Gasteiger partial charge in [-0.25, -0.2) is 0 Å². The molecule has 0 aromatic heterocycles. The molecule has 0 fully saturated rings. The number of unbranched alkanes of at least 4 members (excludes halogenated alkanes) is 13. The fourth-order valence-electron chi connectivity index (χ4n) is 4.75. The van der Waals surface area contributed by atoms with E-state index in [-0.39, 0.29) is 18.5 Å². The molecule has 0 saturated carbocycles. The third kappa shape index (κ3) is 32.3. The molecule has 0 aromatic rings. The fraction of sp³-hybridized carbons (Fsp3) is 0.730. The molecule has 236 valence electrons. The van der Waals surface area contributed by atoms with E-state index in [1.165, 1.54) is 51.4 Å². The fourth-order valence-corrected chi connectivity index (χ4v) is 4.75. The Morgan fingerprint density at radius 2 is 0.951 bits per heavy atom. The van der Waals surface area contributed by atoms with Crippen LogP contribution >= 0.6 is 0 Å². The Morgan fingerprint density at radius 3 is 1.49 bits per heavy atom. The zero-order valence-electron chi connectivity index (χ0n) is 26.8. The Balaban J connectivity index is 3.93. The van der Waals surface area contributed by atoms with Crippen LogP contribution < -0.4 is 0 Å². The third-order valence-corrected chi connectivity index (χ3v) is 7.30. The maximum Gasteiger partial charge on any atom is 0.306 e. The van der Waals surface area contributed by atoms with Gasteiger partial charge in [-0.15, -0.1) is 0 Å². The summed E-state index contributed by atoms with van der Waals surface area (Å²) in [7, 11) is 0. The first-order valence-electron chi connectivity index (χ1n) is 17.1. The van der Waals surface area contributed by atoms with Gasteiger partial charge in [0.25, 0.3) is 0 Å². The third-order valence-electron chi connectivity index (χ3n) is 7.30. The van der Waals surface area contributed by atoms with Crippen LogP contribution in [0.15, 0.2) is 48.6 Å². The van der Waals surface area contributed by atoms with E-state index in [0.29, 0.717) is 6.42 Å². The van der Waals surface area contributed by atoms with Crippen LogP contribution in [0.1, 0.15) is 168 Å². The summed E-state index contributed by atoms with van der Waals surface area (Å²) >= 11 is 0. The lowest BCUT2D eigenvalue weighted by molar-refractivity contribution is -0.150. The van der Waals surface area contributed by atoms with Gasteiger partial charge in [0.05, 0.1) is 0 Å². The van der Waals surface area contributed by atoms with Crippen LogP contribution in [0.4, 0.5) is 0 Å². The van der Waals surface area contributed by atoms with Gasteiger partial charge in [-0.3, -0.25) is 9.59 Å². The van der Waals surface area contributed by atoms with Crippen molar-refractivity contribution in [3.8, 4) is 0 Å². The van der Waals surface area contributed by atoms with Crippen molar-refractivity contribution in [2.24, 2.45) is 0 Å².